The molecule has 0 bridgehead atoms. The Labute approximate surface area is 78.5 Å². The number of ketones is 1. The van der Waals surface area contributed by atoms with Crippen molar-refractivity contribution in [3.05, 3.63) is 11.3 Å². The zero-order chi connectivity index (χ0) is 12.4. The van der Waals surface area contributed by atoms with E-state index >= 15 is 0 Å². The van der Waals surface area contributed by atoms with Gasteiger partial charge in [0.15, 0.2) is 0 Å². The van der Waals surface area contributed by atoms with Crippen LogP contribution in [0.3, 0.4) is 0 Å². The molecular formula is C6H3F6NO2. The predicted molar refractivity (Wildman–Crippen MR) is 35.6 cm³/mol. The lowest BCUT2D eigenvalue weighted by Crippen LogP contribution is -2.29. The average molecular weight is 235 g/mol. The predicted octanol–water partition coefficient (Wildman–Crippen LogP) is 2.14. The van der Waals surface area contributed by atoms with Gasteiger partial charge in [0.05, 0.1) is 5.57 Å². The van der Waals surface area contributed by atoms with Crippen molar-refractivity contribution < 1.29 is 36.2 Å². The summed E-state index contributed by atoms with van der Waals surface area (Å²) in [5.41, 5.74) is -2.14. The first kappa shape index (κ1) is 13.5. The lowest BCUT2D eigenvalue weighted by Gasteiger charge is -2.10. The monoisotopic (exact) mass is 235 g/mol. The van der Waals surface area contributed by atoms with Crippen molar-refractivity contribution in [2.45, 2.75) is 12.4 Å². The van der Waals surface area contributed by atoms with Crippen molar-refractivity contribution in [3.63, 3.8) is 0 Å². The van der Waals surface area contributed by atoms with Crippen molar-refractivity contribution >= 4 is 12.0 Å². The van der Waals surface area contributed by atoms with Gasteiger partial charge in [-0.1, -0.05) is 0 Å². The van der Waals surface area contributed by atoms with Crippen LogP contribution in [0.25, 0.3) is 0 Å². The van der Waals surface area contributed by atoms with E-state index < -0.39 is 35.7 Å². The van der Waals surface area contributed by atoms with Gasteiger partial charge in [-0.2, -0.15) is 26.3 Å². The minimum atomic E-state index is -5.58. The number of aliphatic hydroxyl groups excluding tert-OH is 1. The second kappa shape index (κ2) is 3.91. The highest BCUT2D eigenvalue weighted by molar-refractivity contribution is 6.15. The Morgan fingerprint density at radius 1 is 1.07 bits per heavy atom. The molecular weight excluding hydrogens is 232 g/mol. The molecule has 0 spiro atoms. The Bertz CT molecular complexity index is 313. The van der Waals surface area contributed by atoms with E-state index in [9.17, 15) is 31.1 Å². The van der Waals surface area contributed by atoms with Crippen LogP contribution in [0.2, 0.25) is 0 Å². The fourth-order valence-corrected chi connectivity index (χ4v) is 0.547. The minimum Gasteiger partial charge on any atom is -0.504 e. The molecule has 0 radical (unpaired) electrons. The van der Waals surface area contributed by atoms with Gasteiger partial charge in [0.1, 0.15) is 0 Å². The second-order valence-corrected chi connectivity index (χ2v) is 2.23. The summed E-state index contributed by atoms with van der Waals surface area (Å²) in [5, 5.41) is 14.5. The molecule has 0 aromatic carbocycles. The third-order valence-corrected chi connectivity index (χ3v) is 1.17. The van der Waals surface area contributed by atoms with E-state index in [-0.39, 0.29) is 0 Å². The Morgan fingerprint density at radius 3 is 1.67 bits per heavy atom. The minimum absolute atomic E-state index is 0.501. The van der Waals surface area contributed by atoms with Crippen LogP contribution in [-0.4, -0.2) is 29.5 Å². The van der Waals surface area contributed by atoms with Gasteiger partial charge in [0.25, 0.3) is 5.78 Å². The first-order valence-corrected chi connectivity index (χ1v) is 3.14. The van der Waals surface area contributed by atoms with Crippen LogP contribution >= 0.6 is 0 Å². The van der Waals surface area contributed by atoms with Crippen LogP contribution in [0.1, 0.15) is 0 Å². The molecule has 0 aliphatic carbocycles. The van der Waals surface area contributed by atoms with Crippen LogP contribution < -0.4 is 0 Å². The fourth-order valence-electron chi connectivity index (χ4n) is 0.547. The SMILES string of the molecule is N=C/C(C(=O)C(F)(F)F)=C(\O)C(F)(F)F. The molecule has 0 heterocycles. The molecule has 2 N–H and O–H groups in total. The molecule has 0 unspecified atom stereocenters. The van der Waals surface area contributed by atoms with Crippen molar-refractivity contribution in [2.75, 3.05) is 0 Å². The number of allylic oxidation sites excluding steroid dienone is 2. The molecule has 0 aromatic heterocycles. The third kappa shape index (κ3) is 3.26. The van der Waals surface area contributed by atoms with Crippen molar-refractivity contribution in [2.24, 2.45) is 0 Å². The maximum absolute atomic E-state index is 11.7. The zero-order valence-electron chi connectivity index (χ0n) is 6.70. The lowest BCUT2D eigenvalue weighted by molar-refractivity contribution is -0.167. The van der Waals surface area contributed by atoms with Gasteiger partial charge in [-0.15, -0.1) is 0 Å². The van der Waals surface area contributed by atoms with E-state index in [1.165, 1.54) is 0 Å². The Hall–Kier alpha value is -1.54. The standard InChI is InChI=1S/C6H3F6NO2/c7-5(8,9)3(14)2(1-13)4(15)6(10,11)12/h1,13-14H/b3-2+,13-1?. The van der Waals surface area contributed by atoms with Gasteiger partial charge in [0, 0.05) is 6.21 Å². The number of nitrogens with one attached hydrogen (secondary N) is 1. The number of hydrogen-bond acceptors (Lipinski definition) is 3. The molecule has 0 atom stereocenters. The van der Waals surface area contributed by atoms with Gasteiger partial charge in [-0.25, -0.2) is 0 Å². The van der Waals surface area contributed by atoms with Gasteiger partial charge in [0.2, 0.25) is 5.76 Å². The molecule has 0 aliphatic heterocycles. The van der Waals surface area contributed by atoms with Crippen LogP contribution in [0.4, 0.5) is 26.3 Å². The highest BCUT2D eigenvalue weighted by Crippen LogP contribution is 2.29. The molecule has 0 fully saturated rings. The molecule has 3 nitrogen and oxygen atoms in total. The molecule has 15 heavy (non-hydrogen) atoms. The number of alkyl halides is 6. The fraction of sp³-hybridized carbons (Fsp3) is 0.333. The van der Waals surface area contributed by atoms with Gasteiger partial charge in [-0.3, -0.25) is 4.79 Å². The number of hydrogen-bond donors (Lipinski definition) is 2. The van der Waals surface area contributed by atoms with E-state index in [0.29, 0.717) is 0 Å². The van der Waals surface area contributed by atoms with Gasteiger partial charge < -0.3 is 10.5 Å². The van der Waals surface area contributed by atoms with Crippen molar-refractivity contribution in [1.82, 2.24) is 0 Å². The molecule has 0 rings (SSSR count). The Balaban J connectivity index is 5.45. The molecule has 86 valence electrons. The molecule has 0 saturated carbocycles. The summed E-state index contributed by atoms with van der Waals surface area (Å²) < 4.78 is 70.1. The summed E-state index contributed by atoms with van der Waals surface area (Å²) in [6, 6.07) is 0. The third-order valence-electron chi connectivity index (χ3n) is 1.17. The summed E-state index contributed by atoms with van der Waals surface area (Å²) in [7, 11) is 0. The quantitative estimate of drug-likeness (QED) is 0.333. The van der Waals surface area contributed by atoms with E-state index in [1.807, 2.05) is 0 Å². The van der Waals surface area contributed by atoms with E-state index in [2.05, 4.69) is 0 Å². The number of Topliss-reactive ketones (excluding diaryl/α,β-unsaturated/α-hetero) is 1. The number of rotatable bonds is 2. The lowest BCUT2D eigenvalue weighted by atomic mass is 10.1. The molecule has 0 saturated heterocycles. The summed E-state index contributed by atoms with van der Waals surface area (Å²) in [5.74, 6) is -5.66. The maximum atomic E-state index is 11.7. The highest BCUT2D eigenvalue weighted by Gasteiger charge is 2.46. The van der Waals surface area contributed by atoms with E-state index in [4.69, 9.17) is 10.5 Å². The number of carbonyl (C=O) groups is 1. The highest BCUT2D eigenvalue weighted by atomic mass is 19.4. The number of aliphatic hydroxyl groups is 1. The molecule has 0 aromatic rings. The van der Waals surface area contributed by atoms with Crippen LogP contribution in [-0.2, 0) is 4.79 Å². The number of halogens is 6. The van der Waals surface area contributed by atoms with Gasteiger partial charge >= 0.3 is 12.4 Å². The maximum Gasteiger partial charge on any atom is 0.455 e. The molecule has 9 heteroatoms. The zero-order valence-corrected chi connectivity index (χ0v) is 6.70. The van der Waals surface area contributed by atoms with Crippen molar-refractivity contribution in [1.29, 1.82) is 5.41 Å². The largest absolute Gasteiger partial charge is 0.504 e. The second-order valence-electron chi connectivity index (χ2n) is 2.23. The van der Waals surface area contributed by atoms with Crippen LogP contribution in [0, 0.1) is 5.41 Å². The topological polar surface area (TPSA) is 61.2 Å². The summed E-state index contributed by atoms with van der Waals surface area (Å²) >= 11 is 0. The Morgan fingerprint density at radius 2 is 1.47 bits per heavy atom. The first-order valence-electron chi connectivity index (χ1n) is 3.14. The van der Waals surface area contributed by atoms with Crippen LogP contribution in [0.15, 0.2) is 11.3 Å². The van der Waals surface area contributed by atoms with Gasteiger partial charge in [-0.05, 0) is 0 Å². The molecule has 0 aliphatic rings. The summed E-state index contributed by atoms with van der Waals surface area (Å²) in [6.07, 6.45) is -11.6. The average Bonchev–Trinajstić information content (AvgIpc) is 2.01. The number of carbonyl (C=O) groups excluding carboxylic acids is 1. The van der Waals surface area contributed by atoms with Crippen molar-refractivity contribution in [3.8, 4) is 0 Å². The smallest absolute Gasteiger partial charge is 0.455 e. The normalized spacial score (nSPS) is 14.5. The summed E-state index contributed by atoms with van der Waals surface area (Å²) in [4.78, 5) is 10.3. The molecule has 0 amide bonds. The summed E-state index contributed by atoms with van der Waals surface area (Å²) in [6.45, 7) is 0. The van der Waals surface area contributed by atoms with Crippen LogP contribution in [0.5, 0.6) is 0 Å². The Kier molecular flexibility index (Phi) is 3.51. The first-order chi connectivity index (χ1) is 6.51. The van der Waals surface area contributed by atoms with E-state index in [0.717, 1.165) is 0 Å². The van der Waals surface area contributed by atoms with E-state index in [1.54, 1.807) is 0 Å².